The average molecular weight is 319 g/mol. The number of aromatic nitrogens is 1. The second kappa shape index (κ2) is 4.04. The number of hydrogen-bond donors (Lipinski definition) is 0. The van der Waals surface area contributed by atoms with E-state index in [0.29, 0.717) is 5.03 Å². The van der Waals surface area contributed by atoms with Gasteiger partial charge in [0.15, 0.2) is 0 Å². The summed E-state index contributed by atoms with van der Waals surface area (Å²) in [5.74, 6) is 0. The van der Waals surface area contributed by atoms with Crippen LogP contribution in [0.25, 0.3) is 0 Å². The zero-order chi connectivity index (χ0) is 10.1. The van der Waals surface area contributed by atoms with Gasteiger partial charge >= 0.3 is 6.18 Å². The average Bonchev–Trinajstić information content (AvgIpc) is 2.02. The first-order valence-corrected chi connectivity index (χ1v) is 5.53. The molecule has 1 aromatic rings. The molecule has 13 heavy (non-hydrogen) atoms. The largest absolute Gasteiger partial charge is 0.417 e. The van der Waals surface area contributed by atoms with Gasteiger partial charge < -0.3 is 0 Å². The maximum atomic E-state index is 12.3. The first-order chi connectivity index (χ1) is 5.96. The predicted octanol–water partition coefficient (Wildman–Crippen LogP) is 3.43. The number of pyridine rings is 1. The normalized spacial score (nSPS) is 11.8. The lowest BCUT2D eigenvalue weighted by Gasteiger charge is -2.10. The van der Waals surface area contributed by atoms with Crippen LogP contribution in [0.4, 0.5) is 13.2 Å². The van der Waals surface area contributed by atoms with Crippen molar-refractivity contribution in [1.82, 2.24) is 4.98 Å². The number of alkyl halides is 3. The van der Waals surface area contributed by atoms with Gasteiger partial charge in [-0.05, 0) is 34.9 Å². The third kappa shape index (κ3) is 2.49. The topological polar surface area (TPSA) is 12.9 Å². The van der Waals surface area contributed by atoms with Crippen LogP contribution in [0, 0.1) is 3.57 Å². The molecule has 0 aromatic carbocycles. The molecule has 72 valence electrons. The highest BCUT2D eigenvalue weighted by Gasteiger charge is 2.33. The first-order valence-electron chi connectivity index (χ1n) is 3.22. The quantitative estimate of drug-likeness (QED) is 0.581. The van der Waals surface area contributed by atoms with E-state index in [0.717, 1.165) is 6.07 Å². The minimum absolute atomic E-state index is 0.167. The predicted molar refractivity (Wildman–Crippen MR) is 53.7 cm³/mol. The van der Waals surface area contributed by atoms with Crippen molar-refractivity contribution in [2.45, 2.75) is 11.2 Å². The van der Waals surface area contributed by atoms with Crippen LogP contribution in [-0.4, -0.2) is 11.2 Å². The molecule has 0 aliphatic carbocycles. The minimum Gasteiger partial charge on any atom is -0.249 e. The van der Waals surface area contributed by atoms with Crippen LogP contribution in [0.1, 0.15) is 5.56 Å². The molecule has 1 heterocycles. The van der Waals surface area contributed by atoms with Crippen molar-refractivity contribution < 1.29 is 13.2 Å². The van der Waals surface area contributed by atoms with E-state index in [-0.39, 0.29) is 3.57 Å². The van der Waals surface area contributed by atoms with Gasteiger partial charge in [-0.25, -0.2) is 4.98 Å². The lowest BCUT2D eigenvalue weighted by Crippen LogP contribution is -2.08. The third-order valence-electron chi connectivity index (χ3n) is 1.36. The lowest BCUT2D eigenvalue weighted by molar-refractivity contribution is -0.138. The summed E-state index contributed by atoms with van der Waals surface area (Å²) in [6.07, 6.45) is -1.41. The van der Waals surface area contributed by atoms with Crippen LogP contribution >= 0.6 is 34.4 Å². The zero-order valence-corrected chi connectivity index (χ0v) is 9.50. The molecule has 1 rings (SSSR count). The summed E-state index contributed by atoms with van der Waals surface area (Å²) in [5, 5.41) is 0.412. The Morgan fingerprint density at radius 1 is 1.46 bits per heavy atom. The van der Waals surface area contributed by atoms with Crippen LogP contribution in [0.5, 0.6) is 0 Å². The molecular weight excluding hydrogens is 314 g/mol. The Morgan fingerprint density at radius 3 is 2.54 bits per heavy atom. The van der Waals surface area contributed by atoms with Crippen molar-refractivity contribution in [2.24, 2.45) is 0 Å². The molecule has 1 nitrogen and oxygen atoms in total. The lowest BCUT2D eigenvalue weighted by atomic mass is 10.3. The van der Waals surface area contributed by atoms with E-state index in [2.05, 4.69) is 4.98 Å². The maximum Gasteiger partial charge on any atom is 0.417 e. The highest BCUT2D eigenvalue weighted by Crippen LogP contribution is 2.35. The maximum absolute atomic E-state index is 12.3. The van der Waals surface area contributed by atoms with Crippen LogP contribution in [0.2, 0.25) is 0 Å². The van der Waals surface area contributed by atoms with Crippen molar-refractivity contribution in [1.29, 1.82) is 0 Å². The Hall–Kier alpha value is 0.0200. The molecule has 0 aliphatic heterocycles. The third-order valence-corrected chi connectivity index (χ3v) is 3.51. The highest BCUT2D eigenvalue weighted by molar-refractivity contribution is 14.1. The summed E-state index contributed by atoms with van der Waals surface area (Å²) in [5.41, 5.74) is -0.618. The molecule has 0 saturated carbocycles. The standard InChI is InChI=1S/C7H5F3INS/c1-13-6-5(11)4(2-3-12-6)7(8,9)10/h2-3H,1H3. The molecule has 0 fully saturated rings. The van der Waals surface area contributed by atoms with Crippen molar-refractivity contribution in [3.8, 4) is 0 Å². The van der Waals surface area contributed by atoms with E-state index in [1.807, 2.05) is 0 Å². The van der Waals surface area contributed by atoms with Gasteiger partial charge in [0.2, 0.25) is 0 Å². The molecule has 0 aliphatic rings. The fourth-order valence-electron chi connectivity index (χ4n) is 0.786. The van der Waals surface area contributed by atoms with Crippen LogP contribution in [0.3, 0.4) is 0 Å². The van der Waals surface area contributed by atoms with Crippen LogP contribution in [0.15, 0.2) is 17.3 Å². The summed E-state index contributed by atoms with van der Waals surface area (Å²) in [6.45, 7) is 0. The van der Waals surface area contributed by atoms with Crippen molar-refractivity contribution in [3.63, 3.8) is 0 Å². The first kappa shape index (κ1) is 11.1. The van der Waals surface area contributed by atoms with Crippen molar-refractivity contribution in [2.75, 3.05) is 6.26 Å². The second-order valence-corrected chi connectivity index (χ2v) is 4.05. The van der Waals surface area contributed by atoms with E-state index in [9.17, 15) is 13.2 Å². The number of rotatable bonds is 1. The summed E-state index contributed by atoms with van der Waals surface area (Å²) < 4.78 is 37.1. The van der Waals surface area contributed by atoms with Gasteiger partial charge in [0.25, 0.3) is 0 Å². The molecule has 0 spiro atoms. The monoisotopic (exact) mass is 319 g/mol. The summed E-state index contributed by atoms with van der Waals surface area (Å²) in [4.78, 5) is 3.83. The van der Waals surface area contributed by atoms with E-state index in [4.69, 9.17) is 0 Å². The van der Waals surface area contributed by atoms with Gasteiger partial charge in [0.05, 0.1) is 9.13 Å². The fourth-order valence-corrected chi connectivity index (χ4v) is 2.53. The van der Waals surface area contributed by atoms with Crippen LogP contribution < -0.4 is 0 Å². The molecule has 0 saturated heterocycles. The Bertz CT molecular complexity index is 313. The Morgan fingerprint density at radius 2 is 2.08 bits per heavy atom. The highest BCUT2D eigenvalue weighted by atomic mass is 127. The van der Waals surface area contributed by atoms with Gasteiger partial charge in [0.1, 0.15) is 5.03 Å². The summed E-state index contributed by atoms with van der Waals surface area (Å²) >= 11 is 2.87. The summed E-state index contributed by atoms with van der Waals surface area (Å²) in [7, 11) is 0. The molecular formula is C7H5F3INS. The van der Waals surface area contributed by atoms with Gasteiger partial charge in [-0.2, -0.15) is 13.2 Å². The molecule has 0 radical (unpaired) electrons. The molecule has 0 N–H and O–H groups in total. The van der Waals surface area contributed by atoms with E-state index < -0.39 is 11.7 Å². The minimum atomic E-state index is -4.29. The summed E-state index contributed by atoms with van der Waals surface area (Å²) in [6, 6.07) is 0.988. The number of hydrogen-bond acceptors (Lipinski definition) is 2. The number of halogens is 4. The molecule has 0 unspecified atom stereocenters. The van der Waals surface area contributed by atoms with Gasteiger partial charge in [-0.15, -0.1) is 11.8 Å². The number of nitrogens with zero attached hydrogens (tertiary/aromatic N) is 1. The molecule has 0 atom stereocenters. The van der Waals surface area contributed by atoms with Crippen molar-refractivity contribution >= 4 is 34.4 Å². The van der Waals surface area contributed by atoms with Gasteiger partial charge in [0, 0.05) is 6.20 Å². The SMILES string of the molecule is CSc1nccc(C(F)(F)F)c1I. The van der Waals surface area contributed by atoms with Crippen molar-refractivity contribution in [3.05, 3.63) is 21.4 Å². The van der Waals surface area contributed by atoms with Gasteiger partial charge in [-0.1, -0.05) is 0 Å². The Balaban J connectivity index is 3.24. The fraction of sp³-hybridized carbons (Fsp3) is 0.286. The zero-order valence-electron chi connectivity index (χ0n) is 6.52. The molecule has 0 bridgehead atoms. The van der Waals surface area contributed by atoms with E-state index in [1.54, 1.807) is 28.8 Å². The smallest absolute Gasteiger partial charge is 0.249 e. The van der Waals surface area contributed by atoms with E-state index in [1.165, 1.54) is 18.0 Å². The van der Waals surface area contributed by atoms with Gasteiger partial charge in [-0.3, -0.25) is 0 Å². The Kier molecular flexibility index (Phi) is 3.44. The molecule has 1 aromatic heterocycles. The molecule has 6 heteroatoms. The van der Waals surface area contributed by atoms with Crippen LogP contribution in [-0.2, 0) is 6.18 Å². The Labute approximate surface area is 91.3 Å². The van der Waals surface area contributed by atoms with E-state index >= 15 is 0 Å². The molecule has 0 amide bonds. The number of thioether (sulfide) groups is 1. The second-order valence-electron chi connectivity index (χ2n) is 2.18.